The minimum absolute atomic E-state index is 0.101. The van der Waals surface area contributed by atoms with Gasteiger partial charge in [-0.15, -0.1) is 0 Å². The van der Waals surface area contributed by atoms with Gasteiger partial charge in [-0.25, -0.2) is 0 Å². The molecule has 1 fully saturated rings. The molecule has 2 aromatic rings. The molecule has 17 heavy (non-hydrogen) atoms. The van der Waals surface area contributed by atoms with E-state index in [9.17, 15) is 0 Å². The van der Waals surface area contributed by atoms with Gasteiger partial charge in [0, 0.05) is 35.2 Å². The monoisotopic (exact) mass is 229 g/mol. The average Bonchev–Trinajstić information content (AvgIpc) is 2.82. The van der Waals surface area contributed by atoms with E-state index in [-0.39, 0.29) is 5.66 Å². The standard InChI is InChI=1S/C14H19N3/c1-9-4-5-12-11(8-9)13(10(2)17-12)14(3)15-6-7-16-14/h4-5,8,15-17H,6-7H2,1-3H3. The van der Waals surface area contributed by atoms with Crippen LogP contribution in [0.4, 0.5) is 0 Å². The molecule has 0 spiro atoms. The number of H-pyrrole nitrogens is 1. The van der Waals surface area contributed by atoms with E-state index in [1.165, 1.54) is 27.7 Å². The summed E-state index contributed by atoms with van der Waals surface area (Å²) in [5.41, 5.74) is 5.03. The lowest BCUT2D eigenvalue weighted by Gasteiger charge is -2.26. The minimum atomic E-state index is -0.101. The quantitative estimate of drug-likeness (QED) is 0.701. The first-order chi connectivity index (χ1) is 8.10. The summed E-state index contributed by atoms with van der Waals surface area (Å²) in [5, 5.41) is 8.44. The Hall–Kier alpha value is -1.32. The van der Waals surface area contributed by atoms with Gasteiger partial charge in [0.25, 0.3) is 0 Å². The van der Waals surface area contributed by atoms with Gasteiger partial charge in [-0.05, 0) is 32.9 Å². The van der Waals surface area contributed by atoms with Crippen LogP contribution in [0.15, 0.2) is 18.2 Å². The first-order valence-electron chi connectivity index (χ1n) is 6.20. The molecule has 1 aromatic carbocycles. The molecule has 0 radical (unpaired) electrons. The van der Waals surface area contributed by atoms with Gasteiger partial charge < -0.3 is 4.98 Å². The second-order valence-corrected chi connectivity index (χ2v) is 5.15. The molecule has 0 atom stereocenters. The molecule has 90 valence electrons. The van der Waals surface area contributed by atoms with Crippen LogP contribution in [0.5, 0.6) is 0 Å². The van der Waals surface area contributed by atoms with E-state index < -0.39 is 0 Å². The van der Waals surface area contributed by atoms with Crippen LogP contribution >= 0.6 is 0 Å². The van der Waals surface area contributed by atoms with Crippen molar-refractivity contribution in [3.05, 3.63) is 35.0 Å². The van der Waals surface area contributed by atoms with Gasteiger partial charge in [0.1, 0.15) is 0 Å². The predicted molar refractivity (Wildman–Crippen MR) is 71.1 cm³/mol. The van der Waals surface area contributed by atoms with Gasteiger partial charge in [0.15, 0.2) is 0 Å². The highest BCUT2D eigenvalue weighted by atomic mass is 15.2. The summed E-state index contributed by atoms with van der Waals surface area (Å²) in [6.45, 7) is 8.56. The molecule has 0 amide bonds. The average molecular weight is 229 g/mol. The molecule has 0 bridgehead atoms. The third-order valence-corrected chi connectivity index (χ3v) is 3.72. The smallest absolute Gasteiger partial charge is 0.0945 e. The highest BCUT2D eigenvalue weighted by Gasteiger charge is 2.33. The molecule has 3 rings (SSSR count). The molecular formula is C14H19N3. The summed E-state index contributed by atoms with van der Waals surface area (Å²) in [5.74, 6) is 0. The van der Waals surface area contributed by atoms with Crippen LogP contribution < -0.4 is 10.6 Å². The molecular weight excluding hydrogens is 210 g/mol. The van der Waals surface area contributed by atoms with Crippen molar-refractivity contribution in [2.75, 3.05) is 13.1 Å². The number of aromatic nitrogens is 1. The van der Waals surface area contributed by atoms with Gasteiger partial charge in [-0.2, -0.15) is 0 Å². The van der Waals surface area contributed by atoms with Crippen molar-refractivity contribution in [3.63, 3.8) is 0 Å². The Bertz CT molecular complexity index is 562. The molecule has 0 unspecified atom stereocenters. The molecule has 0 saturated carbocycles. The van der Waals surface area contributed by atoms with Crippen molar-refractivity contribution in [2.45, 2.75) is 26.4 Å². The van der Waals surface area contributed by atoms with Crippen molar-refractivity contribution in [2.24, 2.45) is 0 Å². The third-order valence-electron chi connectivity index (χ3n) is 3.72. The van der Waals surface area contributed by atoms with Gasteiger partial charge in [-0.3, -0.25) is 10.6 Å². The zero-order valence-electron chi connectivity index (χ0n) is 10.6. The summed E-state index contributed by atoms with van der Waals surface area (Å²) >= 11 is 0. The number of hydrogen-bond donors (Lipinski definition) is 3. The maximum Gasteiger partial charge on any atom is 0.0945 e. The van der Waals surface area contributed by atoms with Gasteiger partial charge in [0.2, 0.25) is 0 Å². The van der Waals surface area contributed by atoms with Gasteiger partial charge in [0.05, 0.1) is 5.66 Å². The summed E-state index contributed by atoms with van der Waals surface area (Å²) in [7, 11) is 0. The topological polar surface area (TPSA) is 39.9 Å². The first kappa shape index (κ1) is 10.8. The zero-order chi connectivity index (χ0) is 12.0. The van der Waals surface area contributed by atoms with Crippen LogP contribution in [-0.4, -0.2) is 18.1 Å². The number of aryl methyl sites for hydroxylation is 2. The van der Waals surface area contributed by atoms with Crippen molar-refractivity contribution >= 4 is 10.9 Å². The Balaban J connectivity index is 2.27. The molecule has 1 aliphatic rings. The van der Waals surface area contributed by atoms with Gasteiger partial charge in [-0.1, -0.05) is 11.6 Å². The third kappa shape index (κ3) is 1.58. The SMILES string of the molecule is Cc1ccc2[nH]c(C)c(C3(C)NCCN3)c2c1. The Labute approximate surface area is 102 Å². The summed E-state index contributed by atoms with van der Waals surface area (Å²) in [4.78, 5) is 3.48. The van der Waals surface area contributed by atoms with Crippen molar-refractivity contribution in [1.82, 2.24) is 15.6 Å². The Morgan fingerprint density at radius 1 is 1.12 bits per heavy atom. The number of hydrogen-bond acceptors (Lipinski definition) is 2. The number of nitrogens with one attached hydrogen (secondary N) is 3. The highest BCUT2D eigenvalue weighted by molar-refractivity contribution is 5.86. The number of aromatic amines is 1. The van der Waals surface area contributed by atoms with Crippen LogP contribution in [-0.2, 0) is 5.66 Å². The van der Waals surface area contributed by atoms with E-state index in [0.29, 0.717) is 0 Å². The fourth-order valence-electron chi connectivity index (χ4n) is 2.95. The Morgan fingerprint density at radius 3 is 2.53 bits per heavy atom. The van der Waals surface area contributed by atoms with Crippen LogP contribution in [0.1, 0.15) is 23.7 Å². The van der Waals surface area contributed by atoms with E-state index >= 15 is 0 Å². The lowest BCUT2D eigenvalue weighted by molar-refractivity contribution is 0.386. The van der Waals surface area contributed by atoms with E-state index in [1.807, 2.05) is 0 Å². The van der Waals surface area contributed by atoms with E-state index in [2.05, 4.69) is 54.6 Å². The predicted octanol–water partition coefficient (Wildman–Crippen LogP) is 2.15. The van der Waals surface area contributed by atoms with Crippen LogP contribution in [0, 0.1) is 13.8 Å². The fourth-order valence-corrected chi connectivity index (χ4v) is 2.95. The second kappa shape index (κ2) is 3.59. The molecule has 3 N–H and O–H groups in total. The molecule has 0 aliphatic carbocycles. The molecule has 1 saturated heterocycles. The maximum atomic E-state index is 3.56. The fraction of sp³-hybridized carbons (Fsp3) is 0.429. The normalized spacial score (nSPS) is 19.0. The van der Waals surface area contributed by atoms with Crippen molar-refractivity contribution in [3.8, 4) is 0 Å². The molecule has 2 heterocycles. The number of rotatable bonds is 1. The van der Waals surface area contributed by atoms with Crippen molar-refractivity contribution in [1.29, 1.82) is 0 Å². The van der Waals surface area contributed by atoms with Crippen molar-refractivity contribution < 1.29 is 0 Å². The maximum absolute atomic E-state index is 3.56. The summed E-state index contributed by atoms with van der Waals surface area (Å²) in [6.07, 6.45) is 0. The number of fused-ring (bicyclic) bond motifs is 1. The summed E-state index contributed by atoms with van der Waals surface area (Å²) in [6, 6.07) is 6.58. The van der Waals surface area contributed by atoms with Crippen LogP contribution in [0.3, 0.4) is 0 Å². The molecule has 1 aliphatic heterocycles. The van der Waals surface area contributed by atoms with E-state index in [1.54, 1.807) is 0 Å². The lowest BCUT2D eigenvalue weighted by atomic mass is 9.98. The largest absolute Gasteiger partial charge is 0.358 e. The lowest BCUT2D eigenvalue weighted by Crippen LogP contribution is -2.43. The molecule has 3 nitrogen and oxygen atoms in total. The van der Waals surface area contributed by atoms with Gasteiger partial charge >= 0.3 is 0 Å². The molecule has 1 aromatic heterocycles. The first-order valence-corrected chi connectivity index (χ1v) is 6.20. The van der Waals surface area contributed by atoms with Crippen LogP contribution in [0.25, 0.3) is 10.9 Å². The van der Waals surface area contributed by atoms with Crippen LogP contribution in [0.2, 0.25) is 0 Å². The minimum Gasteiger partial charge on any atom is -0.358 e. The summed E-state index contributed by atoms with van der Waals surface area (Å²) < 4.78 is 0. The Morgan fingerprint density at radius 2 is 1.82 bits per heavy atom. The highest BCUT2D eigenvalue weighted by Crippen LogP contribution is 2.32. The second-order valence-electron chi connectivity index (χ2n) is 5.15. The molecule has 3 heteroatoms. The van der Waals surface area contributed by atoms with E-state index in [0.717, 1.165) is 13.1 Å². The number of benzene rings is 1. The zero-order valence-corrected chi connectivity index (χ0v) is 10.6. The Kier molecular flexibility index (Phi) is 2.28. The van der Waals surface area contributed by atoms with E-state index in [4.69, 9.17) is 0 Å².